The SMILES string of the molecule is CCCN1CCCC(n2ncc(C)c2Cc2cnccc2C(=O)OC)C1. The van der Waals surface area contributed by atoms with E-state index in [9.17, 15) is 4.79 Å². The molecule has 1 aliphatic rings. The third-order valence-electron chi connectivity index (χ3n) is 5.14. The normalized spacial score (nSPS) is 18.0. The van der Waals surface area contributed by atoms with Gasteiger partial charge in [0.1, 0.15) is 0 Å². The van der Waals surface area contributed by atoms with Crippen LogP contribution >= 0.6 is 0 Å². The van der Waals surface area contributed by atoms with Gasteiger partial charge >= 0.3 is 5.97 Å². The molecule has 1 atom stereocenters. The minimum Gasteiger partial charge on any atom is -0.465 e. The zero-order valence-corrected chi connectivity index (χ0v) is 15.9. The first-order valence-corrected chi connectivity index (χ1v) is 9.40. The number of esters is 1. The molecule has 0 saturated carbocycles. The first-order chi connectivity index (χ1) is 12.6. The number of pyridine rings is 1. The maximum Gasteiger partial charge on any atom is 0.338 e. The number of hydrogen-bond donors (Lipinski definition) is 0. The van der Waals surface area contributed by atoms with E-state index in [0.29, 0.717) is 18.0 Å². The van der Waals surface area contributed by atoms with Crippen molar-refractivity contribution in [1.82, 2.24) is 19.7 Å². The quantitative estimate of drug-likeness (QED) is 0.745. The predicted octanol–water partition coefficient (Wildman–Crippen LogP) is 3.01. The Hall–Kier alpha value is -2.21. The maximum atomic E-state index is 12.1. The number of likely N-dealkylation sites (tertiary alicyclic amines) is 1. The highest BCUT2D eigenvalue weighted by Gasteiger charge is 2.24. The van der Waals surface area contributed by atoms with Crippen molar-refractivity contribution in [2.24, 2.45) is 0 Å². The molecule has 0 aromatic carbocycles. The smallest absolute Gasteiger partial charge is 0.338 e. The molecule has 0 N–H and O–H groups in total. The van der Waals surface area contributed by atoms with Crippen LogP contribution in [0.25, 0.3) is 0 Å². The highest BCUT2D eigenvalue weighted by atomic mass is 16.5. The van der Waals surface area contributed by atoms with E-state index in [1.54, 1.807) is 18.5 Å². The highest BCUT2D eigenvalue weighted by molar-refractivity contribution is 5.90. The summed E-state index contributed by atoms with van der Waals surface area (Å²) < 4.78 is 7.09. The van der Waals surface area contributed by atoms with Gasteiger partial charge in [-0.3, -0.25) is 9.67 Å². The van der Waals surface area contributed by atoms with Gasteiger partial charge in [0, 0.05) is 31.1 Å². The number of piperidine rings is 1. The first kappa shape index (κ1) is 18.6. The van der Waals surface area contributed by atoms with Crippen LogP contribution in [0.2, 0.25) is 0 Å². The van der Waals surface area contributed by atoms with Crippen LogP contribution in [0.5, 0.6) is 0 Å². The Morgan fingerprint density at radius 3 is 3.00 bits per heavy atom. The van der Waals surface area contributed by atoms with Crippen LogP contribution in [0.4, 0.5) is 0 Å². The van der Waals surface area contributed by atoms with E-state index in [1.165, 1.54) is 26.5 Å². The molecule has 0 spiro atoms. The van der Waals surface area contributed by atoms with Crippen molar-refractivity contribution >= 4 is 5.97 Å². The number of hydrogen-bond acceptors (Lipinski definition) is 5. The molecule has 3 rings (SSSR count). The number of carbonyl (C=O) groups excluding carboxylic acids is 1. The van der Waals surface area contributed by atoms with Gasteiger partial charge in [-0.15, -0.1) is 0 Å². The molecule has 3 heterocycles. The van der Waals surface area contributed by atoms with Crippen molar-refractivity contribution < 1.29 is 9.53 Å². The average Bonchev–Trinajstić information content (AvgIpc) is 3.03. The van der Waals surface area contributed by atoms with Crippen LogP contribution in [-0.2, 0) is 11.2 Å². The maximum absolute atomic E-state index is 12.1. The first-order valence-electron chi connectivity index (χ1n) is 9.40. The number of aromatic nitrogens is 3. The third kappa shape index (κ3) is 3.96. The van der Waals surface area contributed by atoms with Crippen molar-refractivity contribution in [1.29, 1.82) is 0 Å². The molecule has 0 bridgehead atoms. The number of methoxy groups -OCH3 is 1. The number of rotatable bonds is 6. The molecule has 26 heavy (non-hydrogen) atoms. The Balaban J connectivity index is 1.86. The Morgan fingerprint density at radius 1 is 1.38 bits per heavy atom. The topological polar surface area (TPSA) is 60.2 Å². The fourth-order valence-corrected chi connectivity index (χ4v) is 3.82. The lowest BCUT2D eigenvalue weighted by molar-refractivity contribution is 0.0599. The molecule has 2 aromatic heterocycles. The van der Waals surface area contributed by atoms with E-state index < -0.39 is 0 Å². The minimum atomic E-state index is -0.321. The van der Waals surface area contributed by atoms with E-state index in [4.69, 9.17) is 4.74 Å². The number of aryl methyl sites for hydroxylation is 1. The molecule has 1 unspecified atom stereocenters. The van der Waals surface area contributed by atoms with Crippen molar-refractivity contribution in [3.8, 4) is 0 Å². The summed E-state index contributed by atoms with van der Waals surface area (Å²) in [7, 11) is 1.41. The van der Waals surface area contributed by atoms with Gasteiger partial charge in [-0.2, -0.15) is 5.10 Å². The van der Waals surface area contributed by atoms with Crippen LogP contribution in [-0.4, -0.2) is 52.4 Å². The lowest BCUT2D eigenvalue weighted by atomic mass is 10.0. The van der Waals surface area contributed by atoms with Crippen molar-refractivity contribution in [3.63, 3.8) is 0 Å². The summed E-state index contributed by atoms with van der Waals surface area (Å²) in [5, 5.41) is 4.68. The summed E-state index contributed by atoms with van der Waals surface area (Å²) in [4.78, 5) is 18.8. The summed E-state index contributed by atoms with van der Waals surface area (Å²) in [5.74, 6) is -0.321. The molecule has 6 nitrogen and oxygen atoms in total. The number of ether oxygens (including phenoxy) is 1. The van der Waals surface area contributed by atoms with Crippen LogP contribution in [0.15, 0.2) is 24.7 Å². The summed E-state index contributed by atoms with van der Waals surface area (Å²) in [6.45, 7) is 7.67. The highest BCUT2D eigenvalue weighted by Crippen LogP contribution is 2.26. The molecule has 1 aliphatic heterocycles. The Labute approximate surface area is 155 Å². The van der Waals surface area contributed by atoms with E-state index in [0.717, 1.165) is 36.3 Å². The van der Waals surface area contributed by atoms with E-state index in [-0.39, 0.29) is 5.97 Å². The van der Waals surface area contributed by atoms with Crippen molar-refractivity contribution in [2.45, 2.75) is 45.6 Å². The van der Waals surface area contributed by atoms with Gasteiger partial charge in [0.05, 0.1) is 24.9 Å². The second-order valence-electron chi connectivity index (χ2n) is 7.02. The van der Waals surface area contributed by atoms with Crippen LogP contribution in [0, 0.1) is 6.92 Å². The van der Waals surface area contributed by atoms with Crippen LogP contribution < -0.4 is 0 Å². The van der Waals surface area contributed by atoms with Gasteiger partial charge in [0.2, 0.25) is 0 Å². The Kier molecular flexibility index (Phi) is 6.04. The lowest BCUT2D eigenvalue weighted by Gasteiger charge is -2.33. The number of nitrogens with zero attached hydrogens (tertiary/aromatic N) is 4. The zero-order valence-electron chi connectivity index (χ0n) is 15.9. The molecule has 0 radical (unpaired) electrons. The average molecular weight is 356 g/mol. The lowest BCUT2D eigenvalue weighted by Crippen LogP contribution is -2.37. The molecule has 140 valence electrons. The molecular weight excluding hydrogens is 328 g/mol. The van der Waals surface area contributed by atoms with E-state index >= 15 is 0 Å². The van der Waals surface area contributed by atoms with Gasteiger partial charge in [-0.1, -0.05) is 6.92 Å². The van der Waals surface area contributed by atoms with Gasteiger partial charge in [-0.05, 0) is 56.5 Å². The van der Waals surface area contributed by atoms with Crippen LogP contribution in [0.1, 0.15) is 59.4 Å². The van der Waals surface area contributed by atoms with Crippen LogP contribution in [0.3, 0.4) is 0 Å². The number of carbonyl (C=O) groups is 1. The summed E-state index contributed by atoms with van der Waals surface area (Å²) in [6, 6.07) is 2.11. The van der Waals surface area contributed by atoms with Gasteiger partial charge in [0.15, 0.2) is 0 Å². The minimum absolute atomic E-state index is 0.321. The van der Waals surface area contributed by atoms with Gasteiger partial charge in [0.25, 0.3) is 0 Å². The van der Waals surface area contributed by atoms with E-state index in [2.05, 4.69) is 33.5 Å². The standard InChI is InChI=1S/C20H28N4O2/c1-4-9-23-10-5-6-17(14-23)24-19(15(2)12-22-24)11-16-13-21-8-7-18(16)20(25)26-3/h7-8,12-13,17H,4-6,9-11,14H2,1-3H3. The molecule has 6 heteroatoms. The zero-order chi connectivity index (χ0) is 18.5. The molecule has 1 fully saturated rings. The van der Waals surface area contributed by atoms with E-state index in [1.807, 2.05) is 6.20 Å². The van der Waals surface area contributed by atoms with Crippen molar-refractivity contribution in [3.05, 3.63) is 47.0 Å². The molecule has 1 saturated heterocycles. The Morgan fingerprint density at radius 2 is 2.23 bits per heavy atom. The molecule has 0 aliphatic carbocycles. The van der Waals surface area contributed by atoms with Gasteiger partial charge < -0.3 is 9.64 Å². The summed E-state index contributed by atoms with van der Waals surface area (Å²) in [5.41, 5.74) is 3.76. The fraction of sp³-hybridized carbons (Fsp3) is 0.550. The predicted molar refractivity (Wildman–Crippen MR) is 100 cm³/mol. The second-order valence-corrected chi connectivity index (χ2v) is 7.02. The monoisotopic (exact) mass is 356 g/mol. The molecule has 2 aromatic rings. The second kappa shape index (κ2) is 8.45. The van der Waals surface area contributed by atoms with Gasteiger partial charge in [-0.25, -0.2) is 4.79 Å². The molecule has 0 amide bonds. The van der Waals surface area contributed by atoms with Crippen molar-refractivity contribution in [2.75, 3.05) is 26.7 Å². The Bertz CT molecular complexity index is 754. The largest absolute Gasteiger partial charge is 0.465 e. The summed E-state index contributed by atoms with van der Waals surface area (Å²) in [6.07, 6.45) is 9.47. The molecular formula is C20H28N4O2. The third-order valence-corrected chi connectivity index (χ3v) is 5.14. The summed E-state index contributed by atoms with van der Waals surface area (Å²) >= 11 is 0. The fourth-order valence-electron chi connectivity index (χ4n) is 3.82.